The Hall–Kier alpha value is -2.92. The van der Waals surface area contributed by atoms with E-state index in [9.17, 15) is 0 Å². The Labute approximate surface area is 155 Å². The number of aliphatic imine (C=N–C) groups is 1. The molecule has 26 heavy (non-hydrogen) atoms. The Balaban J connectivity index is 0.000000447. The first kappa shape index (κ1) is 17.9. The Morgan fingerprint density at radius 2 is 1.73 bits per heavy atom. The smallest absolute Gasteiger partial charge is 0.300 e. The minimum absolute atomic E-state index is 0.489. The van der Waals surface area contributed by atoms with E-state index in [4.69, 9.17) is 31.0 Å². The summed E-state index contributed by atoms with van der Waals surface area (Å²) in [6.07, 6.45) is 0. The van der Waals surface area contributed by atoms with E-state index in [0.29, 0.717) is 6.54 Å². The van der Waals surface area contributed by atoms with Crippen LogP contribution in [-0.2, 0) is 11.3 Å². The van der Waals surface area contributed by atoms with E-state index in [1.54, 1.807) is 0 Å². The second-order valence-electron chi connectivity index (χ2n) is 5.80. The van der Waals surface area contributed by atoms with Gasteiger partial charge in [0.25, 0.3) is 5.97 Å². The molecule has 1 aliphatic rings. The van der Waals surface area contributed by atoms with Crippen LogP contribution in [0.15, 0.2) is 58.0 Å². The molecule has 3 aromatic rings. The van der Waals surface area contributed by atoms with Crippen molar-refractivity contribution in [2.24, 2.45) is 4.99 Å². The number of carbonyl (C=O) groups is 1. The van der Waals surface area contributed by atoms with Crippen LogP contribution in [-0.4, -0.2) is 21.9 Å². The first-order valence-corrected chi connectivity index (χ1v) is 8.40. The number of halogens is 1. The number of aromatic nitrogens is 1. The molecule has 2 heterocycles. The minimum atomic E-state index is -0.833. The van der Waals surface area contributed by atoms with E-state index in [-0.39, 0.29) is 0 Å². The quantitative estimate of drug-likeness (QED) is 0.672. The van der Waals surface area contributed by atoms with Crippen LogP contribution >= 0.6 is 11.6 Å². The highest BCUT2D eigenvalue weighted by atomic mass is 35.5. The average molecular weight is 369 g/mol. The van der Waals surface area contributed by atoms with Gasteiger partial charge < -0.3 is 9.63 Å². The van der Waals surface area contributed by atoms with Gasteiger partial charge in [-0.2, -0.15) is 0 Å². The van der Waals surface area contributed by atoms with Crippen LogP contribution in [0.5, 0.6) is 0 Å². The fourth-order valence-corrected chi connectivity index (χ4v) is 2.99. The summed E-state index contributed by atoms with van der Waals surface area (Å²) in [5, 5.41) is 12.2. The lowest BCUT2D eigenvalue weighted by molar-refractivity contribution is -0.134. The molecule has 0 amide bonds. The second kappa shape index (κ2) is 7.54. The van der Waals surface area contributed by atoms with Crippen LogP contribution in [0.4, 0.5) is 0 Å². The number of aliphatic carboxylic acids is 1. The number of hydrogen-bond acceptors (Lipinski definition) is 4. The van der Waals surface area contributed by atoms with Gasteiger partial charge in [0.05, 0.1) is 17.0 Å². The van der Waals surface area contributed by atoms with Crippen molar-refractivity contribution in [3.63, 3.8) is 0 Å². The largest absolute Gasteiger partial charge is 0.481 e. The maximum atomic E-state index is 9.00. The summed E-state index contributed by atoms with van der Waals surface area (Å²) < 4.78 is 5.45. The molecule has 1 aliphatic heterocycles. The lowest BCUT2D eigenvalue weighted by Crippen LogP contribution is -2.04. The molecule has 0 saturated carbocycles. The standard InChI is InChI=1S/C18H13ClN2O.C2H4O2/c1-11-17-14-4-2-3-5-15(14)18(20-10-16(17)22-21-11)12-6-8-13(19)9-7-12;1-2(3)4/h2-9H,10H2,1H3;1H3,(H,3,4). The van der Waals surface area contributed by atoms with E-state index in [2.05, 4.69) is 17.3 Å². The number of benzene rings is 2. The lowest BCUT2D eigenvalue weighted by atomic mass is 9.93. The zero-order valence-corrected chi connectivity index (χ0v) is 15.1. The van der Waals surface area contributed by atoms with Crippen molar-refractivity contribution in [1.29, 1.82) is 0 Å². The molecule has 0 unspecified atom stereocenters. The first-order chi connectivity index (χ1) is 12.5. The topological polar surface area (TPSA) is 75.7 Å². The normalized spacial score (nSPS) is 12.0. The highest BCUT2D eigenvalue weighted by Gasteiger charge is 2.23. The predicted molar refractivity (Wildman–Crippen MR) is 101 cm³/mol. The molecule has 0 spiro atoms. The van der Waals surface area contributed by atoms with Crippen molar-refractivity contribution >= 4 is 23.3 Å². The van der Waals surface area contributed by atoms with Crippen LogP contribution in [0.3, 0.4) is 0 Å². The SMILES string of the molecule is CC(=O)O.Cc1noc2c1-c1ccccc1C(c1ccc(Cl)cc1)=NC2. The molecule has 0 aliphatic carbocycles. The molecule has 0 atom stereocenters. The van der Waals surface area contributed by atoms with Gasteiger partial charge in [0, 0.05) is 23.1 Å². The summed E-state index contributed by atoms with van der Waals surface area (Å²) >= 11 is 6.00. The van der Waals surface area contributed by atoms with Crippen molar-refractivity contribution in [1.82, 2.24) is 5.16 Å². The summed E-state index contributed by atoms with van der Waals surface area (Å²) in [5.74, 6) is -0.0195. The first-order valence-electron chi connectivity index (χ1n) is 8.02. The van der Waals surface area contributed by atoms with E-state index in [0.717, 1.165) is 51.4 Å². The third-order valence-electron chi connectivity index (χ3n) is 3.88. The number of nitrogens with zero attached hydrogens (tertiary/aromatic N) is 2. The molecule has 0 radical (unpaired) electrons. The van der Waals surface area contributed by atoms with Crippen LogP contribution < -0.4 is 0 Å². The zero-order chi connectivity index (χ0) is 18.7. The van der Waals surface area contributed by atoms with Gasteiger partial charge in [-0.25, -0.2) is 0 Å². The molecule has 2 aromatic carbocycles. The van der Waals surface area contributed by atoms with Crippen LogP contribution in [0.2, 0.25) is 5.02 Å². The molecular weight excluding hydrogens is 352 g/mol. The fraction of sp³-hybridized carbons (Fsp3) is 0.150. The molecule has 0 saturated heterocycles. The number of carboxylic acids is 1. The molecule has 0 fully saturated rings. The molecular formula is C20H17ClN2O3. The van der Waals surface area contributed by atoms with Crippen LogP contribution in [0.25, 0.3) is 11.1 Å². The molecule has 5 nitrogen and oxygen atoms in total. The summed E-state index contributed by atoms with van der Waals surface area (Å²) in [6.45, 7) is 3.54. The molecule has 1 aromatic heterocycles. The average Bonchev–Trinajstić information content (AvgIpc) is 2.88. The highest BCUT2D eigenvalue weighted by molar-refractivity contribution is 6.30. The minimum Gasteiger partial charge on any atom is -0.481 e. The Kier molecular flexibility index (Phi) is 5.19. The van der Waals surface area contributed by atoms with Gasteiger partial charge in [-0.1, -0.05) is 53.2 Å². The Morgan fingerprint density at radius 1 is 1.12 bits per heavy atom. The van der Waals surface area contributed by atoms with Gasteiger partial charge in [0.15, 0.2) is 5.76 Å². The van der Waals surface area contributed by atoms with Crippen molar-refractivity contribution in [2.45, 2.75) is 20.4 Å². The summed E-state index contributed by atoms with van der Waals surface area (Å²) in [7, 11) is 0. The zero-order valence-electron chi connectivity index (χ0n) is 14.4. The highest BCUT2D eigenvalue weighted by Crippen LogP contribution is 2.34. The maximum Gasteiger partial charge on any atom is 0.300 e. The molecule has 4 rings (SSSR count). The van der Waals surface area contributed by atoms with Crippen molar-refractivity contribution < 1.29 is 14.4 Å². The van der Waals surface area contributed by atoms with Gasteiger partial charge in [-0.3, -0.25) is 9.79 Å². The molecule has 6 heteroatoms. The third-order valence-corrected chi connectivity index (χ3v) is 4.14. The van der Waals surface area contributed by atoms with Gasteiger partial charge in [0.2, 0.25) is 0 Å². The Morgan fingerprint density at radius 3 is 2.38 bits per heavy atom. The molecule has 132 valence electrons. The number of fused-ring (bicyclic) bond motifs is 3. The number of rotatable bonds is 1. The van der Waals surface area contributed by atoms with Crippen molar-refractivity contribution in [3.05, 3.63) is 76.1 Å². The van der Waals surface area contributed by atoms with Crippen molar-refractivity contribution in [3.8, 4) is 11.1 Å². The fourth-order valence-electron chi connectivity index (χ4n) is 2.87. The number of carboxylic acid groups (broad SMARTS) is 1. The van der Waals surface area contributed by atoms with Gasteiger partial charge in [-0.15, -0.1) is 0 Å². The maximum absolute atomic E-state index is 9.00. The van der Waals surface area contributed by atoms with Crippen molar-refractivity contribution in [2.75, 3.05) is 0 Å². The summed E-state index contributed by atoms with van der Waals surface area (Å²) in [4.78, 5) is 13.8. The lowest BCUT2D eigenvalue weighted by Gasteiger charge is -2.10. The van der Waals surface area contributed by atoms with Crippen LogP contribution in [0, 0.1) is 6.92 Å². The monoisotopic (exact) mass is 368 g/mol. The predicted octanol–water partition coefficient (Wildman–Crippen LogP) is 4.75. The van der Waals surface area contributed by atoms with E-state index < -0.39 is 5.97 Å². The van der Waals surface area contributed by atoms with E-state index in [1.165, 1.54) is 0 Å². The molecule has 0 bridgehead atoms. The summed E-state index contributed by atoms with van der Waals surface area (Å²) in [5.41, 5.74) is 6.17. The number of aryl methyl sites for hydroxylation is 1. The van der Waals surface area contributed by atoms with Crippen LogP contribution in [0.1, 0.15) is 29.5 Å². The Bertz CT molecular complexity index is 971. The van der Waals surface area contributed by atoms with Gasteiger partial charge in [-0.05, 0) is 24.6 Å². The van der Waals surface area contributed by atoms with Gasteiger partial charge in [0.1, 0.15) is 6.54 Å². The second-order valence-corrected chi connectivity index (χ2v) is 6.24. The number of hydrogen-bond donors (Lipinski definition) is 1. The van der Waals surface area contributed by atoms with E-state index >= 15 is 0 Å². The van der Waals surface area contributed by atoms with Gasteiger partial charge >= 0.3 is 0 Å². The van der Waals surface area contributed by atoms with E-state index in [1.807, 2.05) is 43.3 Å². The summed E-state index contributed by atoms with van der Waals surface area (Å²) in [6, 6.07) is 16.0. The third kappa shape index (κ3) is 3.68. The molecule has 1 N–H and O–H groups in total.